The number of rotatable bonds is 3. The van der Waals surface area contributed by atoms with Crippen LogP contribution in [-0.4, -0.2) is 36.7 Å². The van der Waals surface area contributed by atoms with E-state index < -0.39 is 0 Å². The monoisotopic (exact) mass is 326 g/mol. The van der Waals surface area contributed by atoms with Gasteiger partial charge in [0.15, 0.2) is 0 Å². The third-order valence-electron chi connectivity index (χ3n) is 3.76. The quantitative estimate of drug-likeness (QED) is 0.928. The molecule has 1 aromatic carbocycles. The molecule has 1 aliphatic rings. The van der Waals surface area contributed by atoms with Crippen LogP contribution < -0.4 is 5.73 Å². The minimum Gasteiger partial charge on any atom is -0.374 e. The highest BCUT2D eigenvalue weighted by atomic mass is 79.9. The first kappa shape index (κ1) is 15.0. The van der Waals surface area contributed by atoms with Crippen LogP contribution in [0.15, 0.2) is 22.7 Å². The number of halogens is 1. The molecule has 0 spiro atoms. The van der Waals surface area contributed by atoms with Gasteiger partial charge in [-0.15, -0.1) is 0 Å². The van der Waals surface area contributed by atoms with Crippen molar-refractivity contribution in [1.82, 2.24) is 4.90 Å². The second kappa shape index (κ2) is 6.35. The molecule has 1 saturated heterocycles. The van der Waals surface area contributed by atoms with E-state index in [9.17, 15) is 0 Å². The Morgan fingerprint density at radius 1 is 1.47 bits per heavy atom. The van der Waals surface area contributed by atoms with Crippen molar-refractivity contribution in [2.24, 2.45) is 5.73 Å². The normalized spacial score (nSPS) is 24.9. The molecule has 3 nitrogen and oxygen atoms in total. The number of nitrogens with zero attached hydrogens (tertiary/aromatic N) is 1. The molecule has 2 rings (SSSR count). The summed E-state index contributed by atoms with van der Waals surface area (Å²) in [7, 11) is 0. The van der Waals surface area contributed by atoms with Crippen LogP contribution in [-0.2, 0) is 4.74 Å². The van der Waals surface area contributed by atoms with E-state index in [4.69, 9.17) is 10.5 Å². The van der Waals surface area contributed by atoms with Crippen LogP contribution in [0.1, 0.15) is 31.0 Å². The van der Waals surface area contributed by atoms with E-state index in [0.717, 1.165) is 17.6 Å². The van der Waals surface area contributed by atoms with Crippen molar-refractivity contribution in [3.63, 3.8) is 0 Å². The first-order valence-electron chi connectivity index (χ1n) is 6.88. The number of nitrogens with two attached hydrogens (primary N) is 1. The standard InChI is InChI=1S/C15H23BrN2O/c1-10(2)18-6-7-19-14(9-17)15(18)12-5-4-11(3)8-13(12)16/h4-5,8,10,14-15H,6-7,9,17H2,1-3H3. The van der Waals surface area contributed by atoms with Crippen LogP contribution in [0.3, 0.4) is 0 Å². The minimum absolute atomic E-state index is 0.0650. The Kier molecular flexibility index (Phi) is 5.01. The maximum atomic E-state index is 5.91. The van der Waals surface area contributed by atoms with E-state index in [1.807, 2.05) is 0 Å². The van der Waals surface area contributed by atoms with Gasteiger partial charge < -0.3 is 10.5 Å². The number of hydrogen-bond acceptors (Lipinski definition) is 3. The summed E-state index contributed by atoms with van der Waals surface area (Å²) >= 11 is 3.69. The largest absolute Gasteiger partial charge is 0.374 e. The van der Waals surface area contributed by atoms with E-state index in [2.05, 4.69) is 59.8 Å². The fourth-order valence-corrected chi connectivity index (χ4v) is 3.51. The first-order chi connectivity index (χ1) is 9.04. The van der Waals surface area contributed by atoms with Gasteiger partial charge in [-0.25, -0.2) is 0 Å². The molecule has 1 heterocycles. The number of hydrogen-bond donors (Lipinski definition) is 1. The molecule has 2 unspecified atom stereocenters. The molecule has 1 fully saturated rings. The number of morpholine rings is 1. The van der Waals surface area contributed by atoms with Crippen molar-refractivity contribution in [3.05, 3.63) is 33.8 Å². The van der Waals surface area contributed by atoms with E-state index in [0.29, 0.717) is 12.6 Å². The third kappa shape index (κ3) is 3.19. The minimum atomic E-state index is 0.0650. The second-order valence-electron chi connectivity index (χ2n) is 5.45. The molecule has 4 heteroatoms. The Bertz CT molecular complexity index is 436. The zero-order chi connectivity index (χ0) is 14.0. The number of benzene rings is 1. The highest BCUT2D eigenvalue weighted by Gasteiger charge is 2.35. The van der Waals surface area contributed by atoms with Crippen LogP contribution in [0.4, 0.5) is 0 Å². The Morgan fingerprint density at radius 3 is 2.79 bits per heavy atom. The van der Waals surface area contributed by atoms with Gasteiger partial charge in [-0.05, 0) is 38.0 Å². The molecule has 0 aliphatic carbocycles. The van der Waals surface area contributed by atoms with Gasteiger partial charge in [-0.1, -0.05) is 28.1 Å². The van der Waals surface area contributed by atoms with Crippen LogP contribution in [0.5, 0.6) is 0 Å². The molecule has 0 saturated carbocycles. The van der Waals surface area contributed by atoms with E-state index in [-0.39, 0.29) is 12.1 Å². The highest BCUT2D eigenvalue weighted by molar-refractivity contribution is 9.10. The third-order valence-corrected chi connectivity index (χ3v) is 4.45. The average molecular weight is 327 g/mol. The Balaban J connectivity index is 2.39. The molecule has 0 radical (unpaired) electrons. The molecule has 106 valence electrons. The summed E-state index contributed by atoms with van der Waals surface area (Å²) in [6, 6.07) is 7.22. The van der Waals surface area contributed by atoms with Gasteiger partial charge in [0.05, 0.1) is 18.8 Å². The Hall–Kier alpha value is -0.420. The number of ether oxygens (including phenoxy) is 1. The van der Waals surface area contributed by atoms with Gasteiger partial charge in [-0.3, -0.25) is 4.90 Å². The maximum Gasteiger partial charge on any atom is 0.0894 e. The SMILES string of the molecule is Cc1ccc(C2C(CN)OCCN2C(C)C)c(Br)c1. The van der Waals surface area contributed by atoms with Crippen molar-refractivity contribution in [2.45, 2.75) is 39.0 Å². The lowest BCUT2D eigenvalue weighted by Crippen LogP contribution is -2.50. The average Bonchev–Trinajstić information content (AvgIpc) is 2.38. The summed E-state index contributed by atoms with van der Waals surface area (Å²) in [5.74, 6) is 0. The van der Waals surface area contributed by atoms with Gasteiger partial charge in [0.2, 0.25) is 0 Å². The summed E-state index contributed by atoms with van der Waals surface area (Å²) in [4.78, 5) is 2.48. The fourth-order valence-electron chi connectivity index (χ4n) is 2.78. The fraction of sp³-hybridized carbons (Fsp3) is 0.600. The lowest BCUT2D eigenvalue weighted by atomic mass is 9.96. The predicted molar refractivity (Wildman–Crippen MR) is 82.3 cm³/mol. The first-order valence-corrected chi connectivity index (χ1v) is 7.67. The van der Waals surface area contributed by atoms with Crippen molar-refractivity contribution >= 4 is 15.9 Å². The molecule has 2 atom stereocenters. The summed E-state index contributed by atoms with van der Waals surface area (Å²) in [6.45, 7) is 8.84. The molecule has 1 aliphatic heterocycles. The molecule has 1 aromatic rings. The molecule has 19 heavy (non-hydrogen) atoms. The topological polar surface area (TPSA) is 38.5 Å². The summed E-state index contributed by atoms with van der Waals surface area (Å²) in [5.41, 5.74) is 8.44. The maximum absolute atomic E-state index is 5.91. The van der Waals surface area contributed by atoms with E-state index in [1.54, 1.807) is 0 Å². The smallest absolute Gasteiger partial charge is 0.0894 e. The van der Waals surface area contributed by atoms with E-state index in [1.165, 1.54) is 11.1 Å². The van der Waals surface area contributed by atoms with Gasteiger partial charge >= 0.3 is 0 Å². The molecule has 0 amide bonds. The zero-order valence-corrected chi connectivity index (χ0v) is 13.5. The van der Waals surface area contributed by atoms with Crippen LogP contribution in [0.2, 0.25) is 0 Å². The molecule has 0 bridgehead atoms. The second-order valence-corrected chi connectivity index (χ2v) is 6.30. The summed E-state index contributed by atoms with van der Waals surface area (Å²) in [6.07, 6.45) is 0.0650. The van der Waals surface area contributed by atoms with Gasteiger partial charge in [-0.2, -0.15) is 0 Å². The van der Waals surface area contributed by atoms with Crippen molar-refractivity contribution in [1.29, 1.82) is 0 Å². The molecule has 0 aromatic heterocycles. The Labute approximate surface area is 124 Å². The van der Waals surface area contributed by atoms with Crippen LogP contribution >= 0.6 is 15.9 Å². The summed E-state index contributed by atoms with van der Waals surface area (Å²) < 4.78 is 7.02. The molecular formula is C15H23BrN2O. The van der Waals surface area contributed by atoms with Gasteiger partial charge in [0, 0.05) is 23.6 Å². The molecular weight excluding hydrogens is 304 g/mol. The van der Waals surface area contributed by atoms with Crippen LogP contribution in [0.25, 0.3) is 0 Å². The summed E-state index contributed by atoms with van der Waals surface area (Å²) in [5, 5.41) is 0. The lowest BCUT2D eigenvalue weighted by Gasteiger charge is -2.43. The Morgan fingerprint density at radius 2 is 2.21 bits per heavy atom. The van der Waals surface area contributed by atoms with Crippen molar-refractivity contribution < 1.29 is 4.74 Å². The molecule has 2 N–H and O–H groups in total. The van der Waals surface area contributed by atoms with Crippen LogP contribution in [0, 0.1) is 6.92 Å². The van der Waals surface area contributed by atoms with E-state index >= 15 is 0 Å². The van der Waals surface area contributed by atoms with Crippen molar-refractivity contribution in [3.8, 4) is 0 Å². The highest BCUT2D eigenvalue weighted by Crippen LogP contribution is 2.35. The predicted octanol–water partition coefficient (Wildman–Crippen LogP) is 2.87. The zero-order valence-electron chi connectivity index (χ0n) is 11.9. The van der Waals surface area contributed by atoms with Gasteiger partial charge in [0.25, 0.3) is 0 Å². The number of aryl methyl sites for hydroxylation is 1. The van der Waals surface area contributed by atoms with Crippen molar-refractivity contribution in [2.75, 3.05) is 19.7 Å². The van der Waals surface area contributed by atoms with Gasteiger partial charge in [0.1, 0.15) is 0 Å². The lowest BCUT2D eigenvalue weighted by molar-refractivity contribution is -0.0791.